The minimum absolute atomic E-state index is 0.709. The van der Waals surface area contributed by atoms with Gasteiger partial charge in [-0.25, -0.2) is 9.97 Å². The number of rotatable bonds is 4. The van der Waals surface area contributed by atoms with Gasteiger partial charge in [0, 0.05) is 29.1 Å². The molecule has 2 aromatic heterocycles. The molecule has 3 nitrogen and oxygen atoms in total. The largest absolute Gasteiger partial charge is 0.265 e. The molecule has 0 aliphatic rings. The standard InChI is InChI=1S/C43H27N3/c1-2-11-29(12-3-1)40-27-41(31-14-10-13-30(25-31)28-21-23-44-24-22-28)46-43(45-40)39-26-38-34-17-5-4-15-32(34)33-16-6-8-19-36(33)42(38)37-20-9-7-18-35(37)39/h1-27H. The SMILES string of the molecule is c1ccc(-c2cc(-c3cccc(-c4ccncc4)c3)nc(-c3cc4c5ccccc5c5ccccc5c4c4ccccc34)n2)cc1. The maximum Gasteiger partial charge on any atom is 0.161 e. The van der Waals surface area contributed by atoms with Gasteiger partial charge >= 0.3 is 0 Å². The van der Waals surface area contributed by atoms with Crippen LogP contribution in [0.3, 0.4) is 0 Å². The molecule has 0 aliphatic heterocycles. The third-order valence-electron chi connectivity index (χ3n) is 8.96. The van der Waals surface area contributed by atoms with Gasteiger partial charge in [-0.2, -0.15) is 0 Å². The summed E-state index contributed by atoms with van der Waals surface area (Å²) in [6, 6.07) is 53.6. The van der Waals surface area contributed by atoms with Gasteiger partial charge in [0.05, 0.1) is 11.4 Å². The first-order valence-corrected chi connectivity index (χ1v) is 15.5. The van der Waals surface area contributed by atoms with E-state index in [4.69, 9.17) is 9.97 Å². The van der Waals surface area contributed by atoms with Gasteiger partial charge in [0.25, 0.3) is 0 Å². The highest BCUT2D eigenvalue weighted by Gasteiger charge is 2.18. The Morgan fingerprint density at radius 2 is 0.848 bits per heavy atom. The molecule has 0 saturated heterocycles. The molecular formula is C43H27N3. The Bertz CT molecular complexity index is 2570. The molecule has 7 aromatic carbocycles. The number of pyridine rings is 1. The van der Waals surface area contributed by atoms with Gasteiger partial charge in [0.2, 0.25) is 0 Å². The molecule has 0 fully saturated rings. The zero-order valence-electron chi connectivity index (χ0n) is 24.9. The van der Waals surface area contributed by atoms with E-state index >= 15 is 0 Å². The average Bonchev–Trinajstić information content (AvgIpc) is 3.15. The lowest BCUT2D eigenvalue weighted by Gasteiger charge is -2.16. The molecule has 0 N–H and O–H groups in total. The highest BCUT2D eigenvalue weighted by atomic mass is 14.9. The van der Waals surface area contributed by atoms with Gasteiger partial charge in [-0.05, 0) is 84.5 Å². The molecule has 9 aromatic rings. The second-order valence-electron chi connectivity index (χ2n) is 11.6. The van der Waals surface area contributed by atoms with E-state index in [9.17, 15) is 0 Å². The maximum atomic E-state index is 5.31. The zero-order chi connectivity index (χ0) is 30.5. The predicted molar refractivity (Wildman–Crippen MR) is 192 cm³/mol. The van der Waals surface area contributed by atoms with Crippen LogP contribution >= 0.6 is 0 Å². The fraction of sp³-hybridized carbons (Fsp3) is 0. The molecule has 0 amide bonds. The van der Waals surface area contributed by atoms with Crippen LogP contribution in [-0.4, -0.2) is 15.0 Å². The average molecular weight is 586 g/mol. The summed E-state index contributed by atoms with van der Waals surface area (Å²) in [5.74, 6) is 0.709. The summed E-state index contributed by atoms with van der Waals surface area (Å²) in [5.41, 5.74) is 7.13. The highest BCUT2D eigenvalue weighted by molar-refractivity contribution is 6.32. The molecule has 0 unspecified atom stereocenters. The lowest BCUT2D eigenvalue weighted by molar-refractivity contribution is 1.19. The van der Waals surface area contributed by atoms with Crippen LogP contribution in [0, 0.1) is 0 Å². The Kier molecular flexibility index (Phi) is 6.14. The van der Waals surface area contributed by atoms with Crippen molar-refractivity contribution in [2.24, 2.45) is 0 Å². The maximum absolute atomic E-state index is 5.31. The molecule has 9 rings (SSSR count). The normalized spacial score (nSPS) is 11.5. The fourth-order valence-corrected chi connectivity index (χ4v) is 6.83. The Labute approximate surface area is 266 Å². The first-order chi connectivity index (χ1) is 22.8. The Hall–Kier alpha value is -6.19. The van der Waals surface area contributed by atoms with Crippen molar-refractivity contribution in [1.82, 2.24) is 15.0 Å². The second-order valence-corrected chi connectivity index (χ2v) is 11.6. The van der Waals surface area contributed by atoms with Gasteiger partial charge < -0.3 is 0 Å². The van der Waals surface area contributed by atoms with Crippen LogP contribution in [-0.2, 0) is 0 Å². The van der Waals surface area contributed by atoms with Crippen molar-refractivity contribution < 1.29 is 0 Å². The second kappa shape index (κ2) is 10.8. The molecule has 0 atom stereocenters. The van der Waals surface area contributed by atoms with Gasteiger partial charge in [-0.15, -0.1) is 0 Å². The lowest BCUT2D eigenvalue weighted by Crippen LogP contribution is -1.97. The highest BCUT2D eigenvalue weighted by Crippen LogP contribution is 2.42. The van der Waals surface area contributed by atoms with Gasteiger partial charge in [-0.3, -0.25) is 4.98 Å². The molecule has 0 bridgehead atoms. The van der Waals surface area contributed by atoms with E-state index in [1.54, 1.807) is 0 Å². The van der Waals surface area contributed by atoms with Crippen LogP contribution in [0.25, 0.3) is 88.1 Å². The molecule has 214 valence electrons. The van der Waals surface area contributed by atoms with E-state index in [0.29, 0.717) is 5.82 Å². The monoisotopic (exact) mass is 585 g/mol. The Morgan fingerprint density at radius 1 is 0.326 bits per heavy atom. The number of aromatic nitrogens is 3. The van der Waals surface area contributed by atoms with Crippen molar-refractivity contribution in [3.05, 3.63) is 164 Å². The van der Waals surface area contributed by atoms with Crippen LogP contribution in [0.1, 0.15) is 0 Å². The zero-order valence-corrected chi connectivity index (χ0v) is 24.9. The lowest BCUT2D eigenvalue weighted by atomic mass is 9.89. The van der Waals surface area contributed by atoms with Crippen molar-refractivity contribution >= 4 is 43.1 Å². The summed E-state index contributed by atoms with van der Waals surface area (Å²) in [5, 5.41) is 9.81. The van der Waals surface area contributed by atoms with Crippen molar-refractivity contribution in [2.75, 3.05) is 0 Å². The summed E-state index contributed by atoms with van der Waals surface area (Å²) in [6.45, 7) is 0. The summed E-state index contributed by atoms with van der Waals surface area (Å²) in [6.07, 6.45) is 3.66. The minimum Gasteiger partial charge on any atom is -0.265 e. The number of nitrogens with zero attached hydrogens (tertiary/aromatic N) is 3. The van der Waals surface area contributed by atoms with Gasteiger partial charge in [0.15, 0.2) is 5.82 Å². The quantitative estimate of drug-likeness (QED) is 0.193. The number of hydrogen-bond acceptors (Lipinski definition) is 3. The van der Waals surface area contributed by atoms with E-state index in [1.165, 1.54) is 37.7 Å². The first kappa shape index (κ1) is 26.2. The topological polar surface area (TPSA) is 38.7 Å². The van der Waals surface area contributed by atoms with Crippen LogP contribution in [0.2, 0.25) is 0 Å². The molecule has 46 heavy (non-hydrogen) atoms. The fourth-order valence-electron chi connectivity index (χ4n) is 6.83. The predicted octanol–water partition coefficient (Wildman–Crippen LogP) is 11.2. The number of benzene rings is 7. The van der Waals surface area contributed by atoms with Crippen molar-refractivity contribution in [1.29, 1.82) is 0 Å². The van der Waals surface area contributed by atoms with E-state index in [0.717, 1.165) is 44.6 Å². The van der Waals surface area contributed by atoms with Crippen molar-refractivity contribution in [3.63, 3.8) is 0 Å². The molecular weight excluding hydrogens is 558 g/mol. The summed E-state index contributed by atoms with van der Waals surface area (Å²) in [4.78, 5) is 14.8. The van der Waals surface area contributed by atoms with Crippen LogP contribution < -0.4 is 0 Å². The number of hydrogen-bond donors (Lipinski definition) is 0. The molecule has 0 aliphatic carbocycles. The van der Waals surface area contributed by atoms with Gasteiger partial charge in [-0.1, -0.05) is 121 Å². The van der Waals surface area contributed by atoms with Crippen molar-refractivity contribution in [2.45, 2.75) is 0 Å². The van der Waals surface area contributed by atoms with Gasteiger partial charge in [0.1, 0.15) is 0 Å². The van der Waals surface area contributed by atoms with E-state index in [2.05, 4.69) is 138 Å². The summed E-state index contributed by atoms with van der Waals surface area (Å²) in [7, 11) is 0. The third-order valence-corrected chi connectivity index (χ3v) is 8.96. The molecule has 0 radical (unpaired) electrons. The van der Waals surface area contributed by atoms with E-state index in [-0.39, 0.29) is 0 Å². The molecule has 3 heteroatoms. The van der Waals surface area contributed by atoms with Crippen molar-refractivity contribution in [3.8, 4) is 45.0 Å². The van der Waals surface area contributed by atoms with E-state index in [1.807, 2.05) is 30.6 Å². The summed E-state index contributed by atoms with van der Waals surface area (Å²) >= 11 is 0. The van der Waals surface area contributed by atoms with Crippen LogP contribution in [0.5, 0.6) is 0 Å². The minimum atomic E-state index is 0.709. The van der Waals surface area contributed by atoms with Crippen LogP contribution in [0.15, 0.2) is 164 Å². The molecule has 2 heterocycles. The Balaban J connectivity index is 1.36. The molecule has 0 saturated carbocycles. The Morgan fingerprint density at radius 3 is 1.57 bits per heavy atom. The van der Waals surface area contributed by atoms with Crippen LogP contribution in [0.4, 0.5) is 0 Å². The van der Waals surface area contributed by atoms with E-state index < -0.39 is 0 Å². The summed E-state index contributed by atoms with van der Waals surface area (Å²) < 4.78 is 0. The third kappa shape index (κ3) is 4.33. The number of fused-ring (bicyclic) bond motifs is 8. The molecule has 0 spiro atoms. The smallest absolute Gasteiger partial charge is 0.161 e. The first-order valence-electron chi connectivity index (χ1n) is 15.5.